The lowest BCUT2D eigenvalue weighted by Crippen LogP contribution is -2.28. The van der Waals surface area contributed by atoms with E-state index in [4.69, 9.17) is 12.2 Å². The van der Waals surface area contributed by atoms with Crippen molar-refractivity contribution in [2.45, 2.75) is 13.1 Å². The molecular weight excluding hydrogens is 331 g/mol. The third-order valence-corrected chi connectivity index (χ3v) is 4.32. The van der Waals surface area contributed by atoms with Crippen LogP contribution in [-0.4, -0.2) is 17.3 Å². The molecule has 1 aromatic carbocycles. The molecule has 2 rings (SSSR count). The molecule has 0 radical (unpaired) electrons. The number of carbonyl (C=O) groups is 1. The summed E-state index contributed by atoms with van der Waals surface area (Å²) < 4.78 is 37.4. The second-order valence-electron chi connectivity index (χ2n) is 4.59. The molecule has 0 saturated carbocycles. The Morgan fingerprint density at radius 3 is 2.32 bits per heavy atom. The molecule has 0 aliphatic rings. The van der Waals surface area contributed by atoms with Gasteiger partial charge in [-0.2, -0.15) is 13.2 Å². The first-order valence-electron chi connectivity index (χ1n) is 6.32. The van der Waals surface area contributed by atoms with E-state index in [2.05, 4.69) is 5.32 Å². The Bertz CT molecular complexity index is 690. The Hall–Kier alpha value is -1.73. The van der Waals surface area contributed by atoms with Crippen molar-refractivity contribution in [2.24, 2.45) is 0 Å². The standard InChI is InChI=1S/C15H12F3NOS2/c1-9-2-7-13(22-9)12(20)8-19-14(21)10-3-5-11(6-4-10)15(16,17)18/h2-7H,8H2,1H3,(H,19,21). The fourth-order valence-electron chi connectivity index (χ4n) is 1.74. The van der Waals surface area contributed by atoms with Gasteiger partial charge in [-0.05, 0) is 31.2 Å². The minimum Gasteiger partial charge on any atom is -0.368 e. The van der Waals surface area contributed by atoms with E-state index in [0.29, 0.717) is 10.4 Å². The lowest BCUT2D eigenvalue weighted by atomic mass is 10.1. The third kappa shape index (κ3) is 4.14. The van der Waals surface area contributed by atoms with Gasteiger partial charge in [0, 0.05) is 10.4 Å². The number of halogens is 3. The van der Waals surface area contributed by atoms with Crippen LogP contribution in [0.3, 0.4) is 0 Å². The van der Waals surface area contributed by atoms with E-state index < -0.39 is 11.7 Å². The highest BCUT2D eigenvalue weighted by Crippen LogP contribution is 2.29. The van der Waals surface area contributed by atoms with Gasteiger partial charge in [0.25, 0.3) is 0 Å². The lowest BCUT2D eigenvalue weighted by molar-refractivity contribution is -0.137. The van der Waals surface area contributed by atoms with Crippen molar-refractivity contribution in [1.82, 2.24) is 5.32 Å². The van der Waals surface area contributed by atoms with Crippen molar-refractivity contribution in [1.29, 1.82) is 0 Å². The number of nitrogens with one attached hydrogen (secondary N) is 1. The second-order valence-corrected chi connectivity index (χ2v) is 6.29. The molecule has 116 valence electrons. The molecule has 0 spiro atoms. The van der Waals surface area contributed by atoms with Gasteiger partial charge in [-0.3, -0.25) is 4.79 Å². The van der Waals surface area contributed by atoms with E-state index in [9.17, 15) is 18.0 Å². The second kappa shape index (κ2) is 6.58. The van der Waals surface area contributed by atoms with E-state index in [-0.39, 0.29) is 17.3 Å². The first-order valence-corrected chi connectivity index (χ1v) is 7.55. The molecule has 0 aliphatic heterocycles. The fourth-order valence-corrected chi connectivity index (χ4v) is 2.76. The van der Waals surface area contributed by atoms with Gasteiger partial charge in [-0.25, -0.2) is 0 Å². The van der Waals surface area contributed by atoms with Crippen LogP contribution in [0.4, 0.5) is 13.2 Å². The minimum atomic E-state index is -4.37. The maximum atomic E-state index is 12.5. The van der Waals surface area contributed by atoms with Crippen LogP contribution < -0.4 is 5.32 Å². The molecular formula is C15H12F3NOS2. The van der Waals surface area contributed by atoms with E-state index in [1.54, 1.807) is 6.07 Å². The number of Topliss-reactive ketones (excluding diaryl/α,β-unsaturated/α-hetero) is 1. The monoisotopic (exact) mass is 343 g/mol. The Morgan fingerprint density at radius 2 is 1.82 bits per heavy atom. The molecule has 1 N–H and O–H groups in total. The van der Waals surface area contributed by atoms with Crippen LogP contribution in [0.1, 0.15) is 25.7 Å². The van der Waals surface area contributed by atoms with Gasteiger partial charge in [-0.15, -0.1) is 11.3 Å². The first-order chi connectivity index (χ1) is 10.3. The molecule has 2 aromatic rings. The van der Waals surface area contributed by atoms with E-state index in [1.807, 2.05) is 13.0 Å². The number of rotatable bonds is 4. The topological polar surface area (TPSA) is 29.1 Å². The van der Waals surface area contributed by atoms with Crippen LogP contribution in [0.15, 0.2) is 36.4 Å². The van der Waals surface area contributed by atoms with Crippen molar-refractivity contribution in [3.05, 3.63) is 57.3 Å². The largest absolute Gasteiger partial charge is 0.416 e. The maximum Gasteiger partial charge on any atom is 0.416 e. The summed E-state index contributed by atoms with van der Waals surface area (Å²) in [4.78, 5) is 13.8. The van der Waals surface area contributed by atoms with Crippen molar-refractivity contribution >= 4 is 34.3 Å². The highest BCUT2D eigenvalue weighted by atomic mass is 32.1. The van der Waals surface area contributed by atoms with E-state index in [1.165, 1.54) is 23.5 Å². The number of hydrogen-bond donors (Lipinski definition) is 1. The molecule has 22 heavy (non-hydrogen) atoms. The number of carbonyl (C=O) groups excluding carboxylic acids is 1. The normalized spacial score (nSPS) is 11.3. The van der Waals surface area contributed by atoms with Gasteiger partial charge in [-0.1, -0.05) is 24.4 Å². The SMILES string of the molecule is Cc1ccc(C(=O)CNC(=S)c2ccc(C(F)(F)F)cc2)s1. The van der Waals surface area contributed by atoms with Crippen LogP contribution in [-0.2, 0) is 6.18 Å². The van der Waals surface area contributed by atoms with Gasteiger partial charge < -0.3 is 5.32 Å². The number of hydrogen-bond acceptors (Lipinski definition) is 3. The molecule has 7 heteroatoms. The zero-order valence-corrected chi connectivity index (χ0v) is 13.2. The molecule has 1 heterocycles. The summed E-state index contributed by atoms with van der Waals surface area (Å²) in [6.07, 6.45) is -4.37. The lowest BCUT2D eigenvalue weighted by Gasteiger charge is -2.09. The number of thiophene rings is 1. The maximum absolute atomic E-state index is 12.5. The van der Waals surface area contributed by atoms with Crippen LogP contribution >= 0.6 is 23.6 Å². The van der Waals surface area contributed by atoms with Crippen molar-refractivity contribution in [2.75, 3.05) is 6.54 Å². The number of ketones is 1. The molecule has 0 unspecified atom stereocenters. The molecule has 0 saturated heterocycles. The fraction of sp³-hybridized carbons (Fsp3) is 0.200. The predicted molar refractivity (Wildman–Crippen MR) is 84.5 cm³/mol. The Labute approximate surface area is 135 Å². The van der Waals surface area contributed by atoms with Gasteiger partial charge in [0.1, 0.15) is 4.99 Å². The summed E-state index contributed by atoms with van der Waals surface area (Å²) in [6.45, 7) is 1.92. The smallest absolute Gasteiger partial charge is 0.368 e. The van der Waals surface area contributed by atoms with Crippen molar-refractivity contribution in [3.8, 4) is 0 Å². The number of benzene rings is 1. The Kier molecular flexibility index (Phi) is 4.97. The van der Waals surface area contributed by atoms with Gasteiger partial charge in [0.15, 0.2) is 5.78 Å². The molecule has 0 aliphatic carbocycles. The summed E-state index contributed by atoms with van der Waals surface area (Å²) in [5.74, 6) is -0.104. The molecule has 0 bridgehead atoms. The molecule has 2 nitrogen and oxygen atoms in total. The van der Waals surface area contributed by atoms with Gasteiger partial charge >= 0.3 is 6.18 Å². The summed E-state index contributed by atoms with van der Waals surface area (Å²) >= 11 is 6.48. The predicted octanol–water partition coefficient (Wildman–Crippen LogP) is 4.22. The summed E-state index contributed by atoms with van der Waals surface area (Å²) in [7, 11) is 0. The quantitative estimate of drug-likeness (QED) is 0.666. The highest BCUT2D eigenvalue weighted by Gasteiger charge is 2.30. The third-order valence-electron chi connectivity index (χ3n) is 2.90. The Balaban J connectivity index is 1.96. The summed E-state index contributed by atoms with van der Waals surface area (Å²) in [6, 6.07) is 8.11. The Morgan fingerprint density at radius 1 is 1.18 bits per heavy atom. The van der Waals surface area contributed by atoms with Crippen molar-refractivity contribution in [3.63, 3.8) is 0 Å². The summed E-state index contributed by atoms with van der Waals surface area (Å²) in [5, 5.41) is 2.77. The van der Waals surface area contributed by atoms with Crippen LogP contribution in [0, 0.1) is 6.92 Å². The molecule has 0 atom stereocenters. The van der Waals surface area contributed by atoms with Crippen LogP contribution in [0.25, 0.3) is 0 Å². The van der Waals surface area contributed by atoms with Gasteiger partial charge in [0.2, 0.25) is 0 Å². The summed E-state index contributed by atoms with van der Waals surface area (Å²) in [5.41, 5.74) is -0.289. The molecule has 1 aromatic heterocycles. The molecule has 0 amide bonds. The van der Waals surface area contributed by atoms with E-state index >= 15 is 0 Å². The van der Waals surface area contributed by atoms with Gasteiger partial charge in [0.05, 0.1) is 17.0 Å². The average Bonchev–Trinajstić information content (AvgIpc) is 2.90. The van der Waals surface area contributed by atoms with Crippen molar-refractivity contribution < 1.29 is 18.0 Å². The van der Waals surface area contributed by atoms with Crippen LogP contribution in [0.2, 0.25) is 0 Å². The number of alkyl halides is 3. The van der Waals surface area contributed by atoms with Crippen LogP contribution in [0.5, 0.6) is 0 Å². The zero-order chi connectivity index (χ0) is 16.3. The number of aryl methyl sites for hydroxylation is 1. The number of thiocarbonyl (C=S) groups is 1. The van der Waals surface area contributed by atoms with E-state index in [0.717, 1.165) is 17.0 Å². The first kappa shape index (κ1) is 16.6. The molecule has 0 fully saturated rings. The highest BCUT2D eigenvalue weighted by molar-refractivity contribution is 7.80. The minimum absolute atomic E-state index is 0.0137. The average molecular weight is 343 g/mol. The zero-order valence-electron chi connectivity index (χ0n) is 11.5.